The van der Waals surface area contributed by atoms with Crippen molar-refractivity contribution in [1.82, 2.24) is 20.1 Å². The zero-order chi connectivity index (χ0) is 28.1. The standard InChI is InChI=1S/C31H40N6O2/c1-20(2)34-29-16-25(24-8-6-7-23(14-24)19-37-11-9-36(5)10-12-37)15-26(27(29)17-32)30(38)33-18-28-21(3)13-22(4)35-31(28)39/h6-8,13-17,20,32,34H,9-12,18-19H2,1-5H3,(H,33,38)(H,35,39). The predicted molar refractivity (Wildman–Crippen MR) is 159 cm³/mol. The van der Waals surface area contributed by atoms with E-state index in [1.165, 1.54) is 11.8 Å². The summed E-state index contributed by atoms with van der Waals surface area (Å²) in [5, 5.41) is 14.4. The maximum atomic E-state index is 13.5. The van der Waals surface area contributed by atoms with Crippen molar-refractivity contribution in [2.45, 2.75) is 46.8 Å². The monoisotopic (exact) mass is 528 g/mol. The number of carbonyl (C=O) groups is 1. The molecule has 0 radical (unpaired) electrons. The summed E-state index contributed by atoms with van der Waals surface area (Å²) in [6, 6.07) is 14.3. The minimum absolute atomic E-state index is 0.107. The summed E-state index contributed by atoms with van der Waals surface area (Å²) in [4.78, 5) is 33.6. The molecule has 0 unspecified atom stereocenters. The molecule has 0 aliphatic carbocycles. The lowest BCUT2D eigenvalue weighted by atomic mass is 9.95. The van der Waals surface area contributed by atoms with E-state index in [1.807, 2.05) is 45.9 Å². The van der Waals surface area contributed by atoms with Crippen LogP contribution >= 0.6 is 0 Å². The van der Waals surface area contributed by atoms with Gasteiger partial charge in [-0.15, -0.1) is 0 Å². The Morgan fingerprint density at radius 3 is 2.49 bits per heavy atom. The number of anilines is 1. The van der Waals surface area contributed by atoms with Crippen molar-refractivity contribution in [3.8, 4) is 11.1 Å². The summed E-state index contributed by atoms with van der Waals surface area (Å²) in [6.45, 7) is 13.0. The molecule has 8 heteroatoms. The molecule has 4 rings (SSSR count). The topological polar surface area (TPSA) is 104 Å². The summed E-state index contributed by atoms with van der Waals surface area (Å²) < 4.78 is 0. The van der Waals surface area contributed by atoms with E-state index in [-0.39, 0.29) is 24.1 Å². The van der Waals surface area contributed by atoms with Gasteiger partial charge in [0.1, 0.15) is 0 Å². The van der Waals surface area contributed by atoms with E-state index in [0.29, 0.717) is 16.7 Å². The van der Waals surface area contributed by atoms with Crippen molar-refractivity contribution in [2.75, 3.05) is 38.5 Å². The average molecular weight is 529 g/mol. The third-order valence-corrected chi connectivity index (χ3v) is 7.20. The molecule has 206 valence electrons. The molecule has 0 bridgehead atoms. The molecule has 0 spiro atoms. The molecule has 4 N–H and O–H groups in total. The first-order chi connectivity index (χ1) is 18.6. The number of hydrogen-bond acceptors (Lipinski definition) is 6. The molecule has 1 aromatic heterocycles. The van der Waals surface area contributed by atoms with Crippen molar-refractivity contribution in [1.29, 1.82) is 5.41 Å². The van der Waals surface area contributed by atoms with Gasteiger partial charge < -0.3 is 25.9 Å². The van der Waals surface area contributed by atoms with Gasteiger partial charge in [-0.1, -0.05) is 18.2 Å². The number of carbonyl (C=O) groups excluding carboxylic acids is 1. The number of likely N-dealkylation sites (N-methyl/N-ethyl adjacent to an activating group) is 1. The highest BCUT2D eigenvalue weighted by Crippen LogP contribution is 2.30. The van der Waals surface area contributed by atoms with Crippen LogP contribution in [0.4, 0.5) is 5.69 Å². The molecule has 3 aromatic rings. The van der Waals surface area contributed by atoms with Crippen LogP contribution in [0.5, 0.6) is 0 Å². The van der Waals surface area contributed by atoms with E-state index < -0.39 is 0 Å². The average Bonchev–Trinajstić information content (AvgIpc) is 2.88. The molecular formula is C31H40N6O2. The Bertz CT molecular complexity index is 1400. The second-order valence-corrected chi connectivity index (χ2v) is 10.8. The van der Waals surface area contributed by atoms with Crippen LogP contribution < -0.4 is 16.2 Å². The summed E-state index contributed by atoms with van der Waals surface area (Å²) in [5.74, 6) is -0.324. The highest BCUT2D eigenvalue weighted by molar-refractivity contribution is 6.06. The third kappa shape index (κ3) is 7.02. The van der Waals surface area contributed by atoms with Gasteiger partial charge in [-0.05, 0) is 81.3 Å². The lowest BCUT2D eigenvalue weighted by Gasteiger charge is -2.32. The molecule has 2 heterocycles. The molecule has 1 aliphatic heterocycles. The fourth-order valence-electron chi connectivity index (χ4n) is 5.07. The summed E-state index contributed by atoms with van der Waals surface area (Å²) in [5.41, 5.74) is 6.74. The Kier molecular flexibility index (Phi) is 8.99. The van der Waals surface area contributed by atoms with E-state index >= 15 is 0 Å². The molecule has 0 atom stereocenters. The highest BCUT2D eigenvalue weighted by atomic mass is 16.1. The fraction of sp³-hybridized carbons (Fsp3) is 0.387. The smallest absolute Gasteiger partial charge is 0.253 e. The molecule has 39 heavy (non-hydrogen) atoms. The predicted octanol–water partition coefficient (Wildman–Crippen LogP) is 4.15. The SMILES string of the molecule is Cc1cc(C)c(CNC(=O)c2cc(-c3cccc(CN4CCN(C)CC4)c3)cc(NC(C)C)c2C=N)c(=O)[nH]1. The number of nitrogens with zero attached hydrogens (tertiary/aromatic N) is 2. The molecule has 8 nitrogen and oxygen atoms in total. The van der Waals surface area contributed by atoms with Gasteiger partial charge in [0.2, 0.25) is 0 Å². The Morgan fingerprint density at radius 2 is 1.82 bits per heavy atom. The van der Waals surface area contributed by atoms with E-state index in [0.717, 1.165) is 60.8 Å². The lowest BCUT2D eigenvalue weighted by molar-refractivity contribution is 0.0950. The van der Waals surface area contributed by atoms with E-state index in [2.05, 4.69) is 56.7 Å². The summed E-state index contributed by atoms with van der Waals surface area (Å²) >= 11 is 0. The largest absolute Gasteiger partial charge is 0.382 e. The number of aryl methyl sites for hydroxylation is 2. The zero-order valence-corrected chi connectivity index (χ0v) is 23.6. The van der Waals surface area contributed by atoms with E-state index in [9.17, 15) is 9.59 Å². The number of amides is 1. The van der Waals surface area contributed by atoms with E-state index in [4.69, 9.17) is 5.41 Å². The summed E-state index contributed by atoms with van der Waals surface area (Å²) in [7, 11) is 2.16. The van der Waals surface area contributed by atoms with Crippen molar-refractivity contribution in [3.05, 3.63) is 86.3 Å². The Balaban J connectivity index is 1.66. The van der Waals surface area contributed by atoms with Crippen molar-refractivity contribution < 1.29 is 4.79 Å². The Labute approximate surface area is 230 Å². The minimum atomic E-state index is -0.324. The maximum Gasteiger partial charge on any atom is 0.253 e. The lowest BCUT2D eigenvalue weighted by Crippen LogP contribution is -2.43. The number of nitrogens with one attached hydrogen (secondary N) is 4. The number of pyridine rings is 1. The number of piperazine rings is 1. The van der Waals surface area contributed by atoms with Gasteiger partial charge in [-0.2, -0.15) is 0 Å². The molecule has 0 saturated carbocycles. The molecule has 2 aromatic carbocycles. The molecular weight excluding hydrogens is 488 g/mol. The first kappa shape index (κ1) is 28.3. The van der Waals surface area contributed by atoms with Gasteiger partial charge in [0.15, 0.2) is 0 Å². The molecule has 1 amide bonds. The van der Waals surface area contributed by atoms with Gasteiger partial charge in [0.25, 0.3) is 11.5 Å². The van der Waals surface area contributed by atoms with Gasteiger partial charge in [-0.25, -0.2) is 0 Å². The van der Waals surface area contributed by atoms with Crippen LogP contribution in [0.25, 0.3) is 11.1 Å². The number of benzene rings is 2. The quantitative estimate of drug-likeness (QED) is 0.312. The van der Waals surface area contributed by atoms with Crippen LogP contribution in [0.3, 0.4) is 0 Å². The maximum absolute atomic E-state index is 13.5. The second kappa shape index (κ2) is 12.4. The van der Waals surface area contributed by atoms with Crippen LogP contribution in [0.1, 0.15) is 52.2 Å². The zero-order valence-electron chi connectivity index (χ0n) is 23.6. The number of aromatic nitrogens is 1. The number of rotatable bonds is 9. The van der Waals surface area contributed by atoms with Gasteiger partial charge >= 0.3 is 0 Å². The third-order valence-electron chi connectivity index (χ3n) is 7.20. The van der Waals surface area contributed by atoms with Crippen molar-refractivity contribution in [2.24, 2.45) is 0 Å². The Morgan fingerprint density at radius 1 is 1.08 bits per heavy atom. The van der Waals surface area contributed by atoms with Crippen LogP contribution in [-0.4, -0.2) is 66.2 Å². The van der Waals surface area contributed by atoms with Crippen LogP contribution in [0.15, 0.2) is 47.3 Å². The molecule has 1 saturated heterocycles. The Hall–Kier alpha value is -3.75. The second-order valence-electron chi connectivity index (χ2n) is 10.8. The highest BCUT2D eigenvalue weighted by Gasteiger charge is 2.19. The van der Waals surface area contributed by atoms with Crippen LogP contribution in [0, 0.1) is 19.3 Å². The van der Waals surface area contributed by atoms with Gasteiger partial charge in [0, 0.05) is 74.0 Å². The number of aromatic amines is 1. The number of hydrogen-bond donors (Lipinski definition) is 4. The number of H-pyrrole nitrogens is 1. The van der Waals surface area contributed by atoms with E-state index in [1.54, 1.807) is 0 Å². The molecule has 1 aliphatic rings. The summed E-state index contributed by atoms with van der Waals surface area (Å²) in [6.07, 6.45) is 1.22. The van der Waals surface area contributed by atoms with Crippen molar-refractivity contribution in [3.63, 3.8) is 0 Å². The van der Waals surface area contributed by atoms with Gasteiger partial charge in [-0.3, -0.25) is 14.5 Å². The molecule has 1 fully saturated rings. The fourth-order valence-corrected chi connectivity index (χ4v) is 5.07. The minimum Gasteiger partial charge on any atom is -0.382 e. The van der Waals surface area contributed by atoms with Crippen LogP contribution in [-0.2, 0) is 13.1 Å². The van der Waals surface area contributed by atoms with Crippen molar-refractivity contribution >= 4 is 17.8 Å². The first-order valence-corrected chi connectivity index (χ1v) is 13.6. The first-order valence-electron chi connectivity index (χ1n) is 13.6. The van der Waals surface area contributed by atoms with Gasteiger partial charge in [0.05, 0.1) is 5.56 Å². The van der Waals surface area contributed by atoms with Crippen LogP contribution in [0.2, 0.25) is 0 Å². The normalized spacial score (nSPS) is 14.4.